The van der Waals surface area contributed by atoms with E-state index in [1.54, 1.807) is 30.5 Å². The molecule has 3 aromatic rings. The molecule has 32 heavy (non-hydrogen) atoms. The standard InChI is InChI=1S/C22H23N3O5S2/c1-13(2)29-17-8-15(21(26)25-22-24-11-14(3)31-22)9-18(10-17)30-16-4-7-20(23-12-16)32(27,28)19-5-6-19/h4,7-13,19H,5-6H2,1-3H3,(H,24,25,26). The molecule has 0 saturated heterocycles. The number of hydrogen-bond donors (Lipinski definition) is 1. The molecule has 1 fully saturated rings. The van der Waals surface area contributed by atoms with Crippen molar-refractivity contribution in [2.45, 2.75) is 50.0 Å². The summed E-state index contributed by atoms with van der Waals surface area (Å²) in [6.45, 7) is 5.68. The average Bonchev–Trinajstić information content (AvgIpc) is 3.51. The van der Waals surface area contributed by atoms with Crippen molar-refractivity contribution < 1.29 is 22.7 Å². The van der Waals surface area contributed by atoms with E-state index in [1.807, 2.05) is 20.8 Å². The van der Waals surface area contributed by atoms with Crippen molar-refractivity contribution in [2.75, 3.05) is 5.32 Å². The zero-order valence-electron chi connectivity index (χ0n) is 17.9. The zero-order valence-corrected chi connectivity index (χ0v) is 19.5. The van der Waals surface area contributed by atoms with Gasteiger partial charge in [0.15, 0.2) is 20.0 Å². The zero-order chi connectivity index (χ0) is 22.9. The number of nitrogens with one attached hydrogen (secondary N) is 1. The number of nitrogens with zero attached hydrogens (tertiary/aromatic N) is 2. The van der Waals surface area contributed by atoms with Crippen LogP contribution in [0.2, 0.25) is 0 Å². The van der Waals surface area contributed by atoms with Gasteiger partial charge in [0.25, 0.3) is 5.91 Å². The van der Waals surface area contributed by atoms with Gasteiger partial charge in [-0.2, -0.15) is 0 Å². The summed E-state index contributed by atoms with van der Waals surface area (Å²) in [6.07, 6.45) is 4.31. The molecule has 0 atom stereocenters. The highest BCUT2D eigenvalue weighted by Crippen LogP contribution is 2.34. The molecule has 0 unspecified atom stereocenters. The molecular weight excluding hydrogens is 450 g/mol. The fourth-order valence-electron chi connectivity index (χ4n) is 2.96. The fraction of sp³-hybridized carbons (Fsp3) is 0.318. The Morgan fingerprint density at radius 1 is 1.09 bits per heavy atom. The number of ether oxygens (including phenoxy) is 2. The van der Waals surface area contributed by atoms with Crippen molar-refractivity contribution in [1.29, 1.82) is 0 Å². The van der Waals surface area contributed by atoms with E-state index < -0.39 is 9.84 Å². The van der Waals surface area contributed by atoms with Crippen molar-refractivity contribution in [3.8, 4) is 17.2 Å². The predicted octanol–water partition coefficient (Wildman–Crippen LogP) is 4.61. The average molecular weight is 474 g/mol. The van der Waals surface area contributed by atoms with E-state index in [9.17, 15) is 13.2 Å². The molecule has 1 amide bonds. The molecule has 0 aliphatic heterocycles. The van der Waals surface area contributed by atoms with E-state index in [4.69, 9.17) is 9.47 Å². The number of carbonyl (C=O) groups is 1. The van der Waals surface area contributed by atoms with E-state index in [-0.39, 0.29) is 22.3 Å². The van der Waals surface area contributed by atoms with Crippen LogP contribution in [0.25, 0.3) is 0 Å². The van der Waals surface area contributed by atoms with Crippen LogP contribution < -0.4 is 14.8 Å². The van der Waals surface area contributed by atoms with Gasteiger partial charge in [-0.1, -0.05) is 0 Å². The smallest absolute Gasteiger partial charge is 0.257 e. The van der Waals surface area contributed by atoms with E-state index in [0.29, 0.717) is 40.8 Å². The Labute approximate surface area is 190 Å². The number of benzene rings is 1. The second kappa shape index (κ2) is 8.87. The highest BCUT2D eigenvalue weighted by Gasteiger charge is 2.37. The number of hydrogen-bond acceptors (Lipinski definition) is 8. The number of aryl methyl sites for hydroxylation is 1. The Balaban J connectivity index is 1.56. The van der Waals surface area contributed by atoms with Crippen molar-refractivity contribution in [3.63, 3.8) is 0 Å². The second-order valence-corrected chi connectivity index (χ2v) is 11.2. The quantitative estimate of drug-likeness (QED) is 0.509. The molecule has 10 heteroatoms. The molecule has 2 heterocycles. The third-order valence-electron chi connectivity index (χ3n) is 4.56. The van der Waals surface area contributed by atoms with E-state index in [1.165, 1.54) is 23.6 Å². The minimum Gasteiger partial charge on any atom is -0.491 e. The molecule has 168 valence electrons. The number of anilines is 1. The Bertz CT molecular complexity index is 1230. The largest absolute Gasteiger partial charge is 0.491 e. The lowest BCUT2D eigenvalue weighted by Crippen LogP contribution is -2.13. The Morgan fingerprint density at radius 3 is 2.44 bits per heavy atom. The summed E-state index contributed by atoms with van der Waals surface area (Å²) in [7, 11) is -3.37. The van der Waals surface area contributed by atoms with Gasteiger partial charge in [0.05, 0.1) is 17.6 Å². The summed E-state index contributed by atoms with van der Waals surface area (Å²) < 4.78 is 36.3. The molecule has 1 aliphatic carbocycles. The lowest BCUT2D eigenvalue weighted by Gasteiger charge is -2.14. The maximum absolute atomic E-state index is 12.8. The van der Waals surface area contributed by atoms with Gasteiger partial charge in [-0.25, -0.2) is 18.4 Å². The Kier molecular flexibility index (Phi) is 6.16. The summed E-state index contributed by atoms with van der Waals surface area (Å²) in [5.41, 5.74) is 0.340. The molecule has 1 aromatic carbocycles. The van der Waals surface area contributed by atoms with Crippen LogP contribution in [-0.2, 0) is 9.84 Å². The van der Waals surface area contributed by atoms with Crippen LogP contribution in [0.15, 0.2) is 47.8 Å². The second-order valence-electron chi connectivity index (χ2n) is 7.77. The molecule has 1 aliphatic rings. The molecule has 0 radical (unpaired) electrons. The van der Waals surface area contributed by atoms with Crippen molar-refractivity contribution >= 4 is 32.2 Å². The van der Waals surface area contributed by atoms with E-state index >= 15 is 0 Å². The monoisotopic (exact) mass is 473 g/mol. The number of carbonyl (C=O) groups excluding carboxylic acids is 1. The van der Waals surface area contributed by atoms with Gasteiger partial charge >= 0.3 is 0 Å². The van der Waals surface area contributed by atoms with Crippen molar-refractivity contribution in [3.05, 3.63) is 53.2 Å². The molecule has 1 N–H and O–H groups in total. The van der Waals surface area contributed by atoms with Crippen LogP contribution >= 0.6 is 11.3 Å². The van der Waals surface area contributed by atoms with Crippen LogP contribution in [0.4, 0.5) is 5.13 Å². The van der Waals surface area contributed by atoms with Gasteiger partial charge in [-0.05, 0) is 57.9 Å². The minimum atomic E-state index is -3.37. The van der Waals surface area contributed by atoms with Gasteiger partial charge in [0.1, 0.15) is 17.2 Å². The number of thiazole rings is 1. The highest BCUT2D eigenvalue weighted by molar-refractivity contribution is 7.92. The first-order chi connectivity index (χ1) is 15.2. The van der Waals surface area contributed by atoms with Crippen LogP contribution in [0, 0.1) is 6.92 Å². The minimum absolute atomic E-state index is 0.0445. The predicted molar refractivity (Wildman–Crippen MR) is 122 cm³/mol. The molecule has 1 saturated carbocycles. The highest BCUT2D eigenvalue weighted by atomic mass is 32.2. The first-order valence-electron chi connectivity index (χ1n) is 10.1. The fourth-order valence-corrected chi connectivity index (χ4v) is 5.18. The van der Waals surface area contributed by atoms with Crippen LogP contribution in [-0.4, -0.2) is 35.6 Å². The van der Waals surface area contributed by atoms with E-state index in [2.05, 4.69) is 15.3 Å². The van der Waals surface area contributed by atoms with Crippen LogP contribution in [0.5, 0.6) is 17.2 Å². The molecule has 0 spiro atoms. The number of pyridine rings is 1. The van der Waals surface area contributed by atoms with Gasteiger partial charge in [0.2, 0.25) is 0 Å². The van der Waals surface area contributed by atoms with Gasteiger partial charge in [-0.3, -0.25) is 10.1 Å². The first-order valence-corrected chi connectivity index (χ1v) is 12.5. The van der Waals surface area contributed by atoms with Crippen molar-refractivity contribution in [2.24, 2.45) is 0 Å². The summed E-state index contributed by atoms with van der Waals surface area (Å²) in [5.74, 6) is 0.841. The first kappa shape index (κ1) is 22.2. The Morgan fingerprint density at radius 2 is 1.84 bits per heavy atom. The van der Waals surface area contributed by atoms with Crippen LogP contribution in [0.3, 0.4) is 0 Å². The number of amides is 1. The summed E-state index contributed by atoms with van der Waals surface area (Å²) in [4.78, 5) is 22.0. The van der Waals surface area contributed by atoms with Crippen molar-refractivity contribution in [1.82, 2.24) is 9.97 Å². The summed E-state index contributed by atoms with van der Waals surface area (Å²) in [6, 6.07) is 7.87. The van der Waals surface area contributed by atoms with Gasteiger partial charge < -0.3 is 9.47 Å². The number of aromatic nitrogens is 2. The molecule has 8 nitrogen and oxygen atoms in total. The topological polar surface area (TPSA) is 107 Å². The molecule has 4 rings (SSSR count). The maximum Gasteiger partial charge on any atom is 0.257 e. The van der Waals surface area contributed by atoms with E-state index in [0.717, 1.165) is 4.88 Å². The molecule has 0 bridgehead atoms. The summed E-state index contributed by atoms with van der Waals surface area (Å²) in [5, 5.41) is 2.99. The summed E-state index contributed by atoms with van der Waals surface area (Å²) >= 11 is 1.38. The number of rotatable bonds is 8. The normalized spacial score (nSPS) is 13.8. The number of sulfone groups is 1. The van der Waals surface area contributed by atoms with Gasteiger partial charge in [0, 0.05) is 22.7 Å². The molecular formula is C22H23N3O5S2. The SMILES string of the molecule is Cc1cnc(NC(=O)c2cc(Oc3ccc(S(=O)(=O)C4CC4)nc3)cc(OC(C)C)c2)s1. The lowest BCUT2D eigenvalue weighted by molar-refractivity contribution is 0.102. The third kappa shape index (κ3) is 5.25. The lowest BCUT2D eigenvalue weighted by atomic mass is 10.2. The molecule has 2 aromatic heterocycles. The van der Waals surface area contributed by atoms with Gasteiger partial charge in [-0.15, -0.1) is 11.3 Å². The van der Waals surface area contributed by atoms with Crippen LogP contribution in [0.1, 0.15) is 41.9 Å². The maximum atomic E-state index is 12.8. The Hall–Kier alpha value is -2.98. The third-order valence-corrected chi connectivity index (χ3v) is 7.56.